The summed E-state index contributed by atoms with van der Waals surface area (Å²) in [5.41, 5.74) is 0. The summed E-state index contributed by atoms with van der Waals surface area (Å²) in [7, 11) is 0. The van der Waals surface area contributed by atoms with Gasteiger partial charge in [0, 0.05) is 49.0 Å². The first kappa shape index (κ1) is 7.75. The van der Waals surface area contributed by atoms with Crippen molar-refractivity contribution in [2.75, 3.05) is 32.7 Å². The highest BCUT2D eigenvalue weighted by Crippen LogP contribution is 2.04. The summed E-state index contributed by atoms with van der Waals surface area (Å²) in [6, 6.07) is 0. The molecule has 1 heterocycles. The third-order valence-corrected chi connectivity index (χ3v) is 2.73. The first-order chi connectivity index (χ1) is 4.33. The minimum absolute atomic E-state index is 1.21. The van der Waals surface area contributed by atoms with Crippen LogP contribution in [0.4, 0.5) is 0 Å². The fraction of sp³-hybridized carbons (Fsp3) is 1.00. The van der Waals surface area contributed by atoms with Crippen molar-refractivity contribution < 1.29 is 0 Å². The van der Waals surface area contributed by atoms with Crippen LogP contribution in [0.5, 0.6) is 0 Å². The van der Waals surface area contributed by atoms with E-state index >= 15 is 0 Å². The third-order valence-electron chi connectivity index (χ3n) is 1.76. The topological polar surface area (TPSA) is 6.48 Å². The fourth-order valence-electron chi connectivity index (χ4n) is 1.04. The molecule has 1 aliphatic rings. The van der Waals surface area contributed by atoms with E-state index < -0.39 is 0 Å². The molecular weight excluding hydrogens is 227 g/mol. The Morgan fingerprint density at radius 2 is 1.78 bits per heavy atom. The van der Waals surface area contributed by atoms with Gasteiger partial charge in [-0.2, -0.15) is 0 Å². The molecule has 1 aliphatic heterocycles. The molecule has 2 nitrogen and oxygen atoms in total. The quantitative estimate of drug-likeness (QED) is 0.498. The van der Waals surface area contributed by atoms with E-state index in [-0.39, 0.29) is 0 Å². The highest BCUT2D eigenvalue weighted by atomic mass is 127. The minimum Gasteiger partial charge on any atom is -0.301 e. The van der Waals surface area contributed by atoms with Gasteiger partial charge in [-0.05, 0) is 6.54 Å². The van der Waals surface area contributed by atoms with E-state index in [0.717, 1.165) is 0 Å². The van der Waals surface area contributed by atoms with E-state index in [4.69, 9.17) is 0 Å². The smallest absolute Gasteiger partial charge is 0.0209 e. The molecule has 0 N–H and O–H groups in total. The van der Waals surface area contributed by atoms with Gasteiger partial charge in [-0.1, -0.05) is 6.92 Å². The average Bonchev–Trinajstić information content (AvgIpc) is 1.90. The molecule has 0 spiro atoms. The van der Waals surface area contributed by atoms with Crippen LogP contribution in [0.15, 0.2) is 0 Å². The summed E-state index contributed by atoms with van der Waals surface area (Å²) in [5, 5.41) is 0. The zero-order valence-corrected chi connectivity index (χ0v) is 7.97. The lowest BCUT2D eigenvalue weighted by Crippen LogP contribution is -2.41. The van der Waals surface area contributed by atoms with Gasteiger partial charge in [-0.25, -0.2) is 3.11 Å². The monoisotopic (exact) mass is 240 g/mol. The fourth-order valence-corrected chi connectivity index (χ4v) is 1.47. The Morgan fingerprint density at radius 1 is 1.22 bits per heavy atom. The highest BCUT2D eigenvalue weighted by Gasteiger charge is 2.11. The summed E-state index contributed by atoms with van der Waals surface area (Å²) in [5.74, 6) is 0. The molecule has 0 radical (unpaired) electrons. The molecule has 0 bridgehead atoms. The van der Waals surface area contributed by atoms with E-state index in [1.165, 1.54) is 32.7 Å². The second kappa shape index (κ2) is 3.73. The summed E-state index contributed by atoms with van der Waals surface area (Å²) < 4.78 is 2.35. The number of rotatable bonds is 1. The lowest BCUT2D eigenvalue weighted by Gasteiger charge is -2.29. The number of hydrogen-bond acceptors (Lipinski definition) is 2. The Hall–Kier alpha value is 0.650. The van der Waals surface area contributed by atoms with Crippen LogP contribution in [-0.2, 0) is 0 Å². The Balaban J connectivity index is 2.18. The van der Waals surface area contributed by atoms with Crippen LogP contribution in [-0.4, -0.2) is 40.7 Å². The lowest BCUT2D eigenvalue weighted by molar-refractivity contribution is 0.215. The maximum absolute atomic E-state index is 2.48. The zero-order valence-electron chi connectivity index (χ0n) is 5.81. The SMILES string of the molecule is CCN1CCN(I)CC1. The molecule has 0 aromatic rings. The standard InChI is InChI=1S/C6H13IN2/c1-2-8-3-5-9(7)6-4-8/h2-6H2,1H3. The summed E-state index contributed by atoms with van der Waals surface area (Å²) in [6.45, 7) is 8.40. The average molecular weight is 240 g/mol. The van der Waals surface area contributed by atoms with E-state index in [0.29, 0.717) is 0 Å². The van der Waals surface area contributed by atoms with Crippen molar-refractivity contribution in [1.82, 2.24) is 8.01 Å². The Labute approximate surface area is 70.7 Å². The van der Waals surface area contributed by atoms with Crippen LogP contribution in [0.3, 0.4) is 0 Å². The molecule has 3 heteroatoms. The van der Waals surface area contributed by atoms with Gasteiger partial charge in [0.25, 0.3) is 0 Å². The van der Waals surface area contributed by atoms with Gasteiger partial charge in [-0.3, -0.25) is 0 Å². The predicted octanol–water partition coefficient (Wildman–Crippen LogP) is 0.974. The Bertz CT molecular complexity index is 79.1. The molecule has 0 atom stereocenters. The van der Waals surface area contributed by atoms with Crippen molar-refractivity contribution in [3.05, 3.63) is 0 Å². The highest BCUT2D eigenvalue weighted by molar-refractivity contribution is 14.1. The maximum Gasteiger partial charge on any atom is 0.0209 e. The summed E-state index contributed by atoms with van der Waals surface area (Å²) in [6.07, 6.45) is 0. The van der Waals surface area contributed by atoms with Crippen molar-refractivity contribution in [2.24, 2.45) is 0 Å². The molecule has 54 valence electrons. The van der Waals surface area contributed by atoms with Gasteiger partial charge >= 0.3 is 0 Å². The van der Waals surface area contributed by atoms with E-state index in [1.807, 2.05) is 0 Å². The van der Waals surface area contributed by atoms with E-state index in [2.05, 4.69) is 37.8 Å². The number of nitrogens with zero attached hydrogens (tertiary/aromatic N) is 2. The van der Waals surface area contributed by atoms with Gasteiger partial charge in [0.1, 0.15) is 0 Å². The molecule has 1 saturated heterocycles. The Morgan fingerprint density at radius 3 is 2.22 bits per heavy atom. The molecule has 0 unspecified atom stereocenters. The second-order valence-electron chi connectivity index (χ2n) is 2.34. The number of hydrogen-bond donors (Lipinski definition) is 0. The predicted molar refractivity (Wildman–Crippen MR) is 47.7 cm³/mol. The number of piperazine rings is 1. The molecule has 0 aliphatic carbocycles. The molecule has 0 amide bonds. The second-order valence-corrected chi connectivity index (χ2v) is 3.71. The molecule has 0 saturated carbocycles. The van der Waals surface area contributed by atoms with Gasteiger partial charge in [0.2, 0.25) is 0 Å². The molecule has 1 rings (SSSR count). The van der Waals surface area contributed by atoms with Gasteiger partial charge < -0.3 is 4.90 Å². The number of likely N-dealkylation sites (N-methyl/N-ethyl adjacent to an activating group) is 1. The lowest BCUT2D eigenvalue weighted by atomic mass is 10.4. The normalized spacial score (nSPS) is 24.7. The summed E-state index contributed by atoms with van der Waals surface area (Å²) >= 11 is 2.39. The minimum atomic E-state index is 1.21. The van der Waals surface area contributed by atoms with Gasteiger partial charge in [0.05, 0.1) is 0 Å². The molecular formula is C6H13IN2. The Kier molecular flexibility index (Phi) is 3.21. The van der Waals surface area contributed by atoms with Crippen LogP contribution in [0.2, 0.25) is 0 Å². The van der Waals surface area contributed by atoms with Crippen LogP contribution >= 0.6 is 22.9 Å². The zero-order chi connectivity index (χ0) is 6.69. The first-order valence-corrected chi connectivity index (χ1v) is 4.42. The van der Waals surface area contributed by atoms with Crippen LogP contribution in [0, 0.1) is 0 Å². The molecule has 0 aromatic carbocycles. The van der Waals surface area contributed by atoms with Crippen LogP contribution in [0.25, 0.3) is 0 Å². The van der Waals surface area contributed by atoms with Crippen LogP contribution in [0.1, 0.15) is 6.92 Å². The third kappa shape index (κ3) is 2.39. The molecule has 0 aromatic heterocycles. The molecule has 9 heavy (non-hydrogen) atoms. The van der Waals surface area contributed by atoms with Crippen molar-refractivity contribution in [3.63, 3.8) is 0 Å². The van der Waals surface area contributed by atoms with Crippen molar-refractivity contribution in [3.8, 4) is 0 Å². The van der Waals surface area contributed by atoms with E-state index in [1.54, 1.807) is 0 Å². The van der Waals surface area contributed by atoms with Gasteiger partial charge in [-0.15, -0.1) is 0 Å². The molecule has 1 fully saturated rings. The van der Waals surface area contributed by atoms with Crippen LogP contribution < -0.4 is 0 Å². The van der Waals surface area contributed by atoms with Crippen molar-refractivity contribution in [2.45, 2.75) is 6.92 Å². The van der Waals surface area contributed by atoms with Gasteiger partial charge in [0.15, 0.2) is 0 Å². The van der Waals surface area contributed by atoms with Crippen molar-refractivity contribution in [1.29, 1.82) is 0 Å². The maximum atomic E-state index is 2.48. The number of halogens is 1. The first-order valence-electron chi connectivity index (χ1n) is 3.46. The largest absolute Gasteiger partial charge is 0.301 e. The van der Waals surface area contributed by atoms with E-state index in [9.17, 15) is 0 Å². The summed E-state index contributed by atoms with van der Waals surface area (Å²) in [4.78, 5) is 2.48. The van der Waals surface area contributed by atoms with Crippen molar-refractivity contribution >= 4 is 22.9 Å².